The third-order valence-corrected chi connectivity index (χ3v) is 21.6. The number of aliphatic hydroxyl groups excluding tert-OH is 1. The second-order valence-corrected chi connectivity index (χ2v) is 24.3. The normalized spacial score (nSPS) is 25.6. The molecule has 0 spiro atoms. The lowest BCUT2D eigenvalue weighted by Crippen LogP contribution is -2.57. The molecule has 0 saturated heterocycles. The van der Waals surface area contributed by atoms with Gasteiger partial charge in [0.05, 0.1) is 12.7 Å². The molecule has 7 heteroatoms. The molecule has 1 fully saturated rings. The predicted molar refractivity (Wildman–Crippen MR) is 155 cm³/mol. The summed E-state index contributed by atoms with van der Waals surface area (Å²) in [6, 6.07) is 0. The van der Waals surface area contributed by atoms with Crippen LogP contribution in [0.5, 0.6) is 0 Å². The van der Waals surface area contributed by atoms with Crippen LogP contribution in [-0.2, 0) is 13.6 Å². The highest BCUT2D eigenvalue weighted by Gasteiger charge is 2.52. The number of hydrogen-bond donors (Lipinski definition) is 2. The van der Waals surface area contributed by atoms with Gasteiger partial charge in [0.15, 0.2) is 0 Å². The second-order valence-electron chi connectivity index (χ2n) is 13.4. The van der Waals surface area contributed by atoms with Crippen LogP contribution in [0.15, 0.2) is 11.8 Å². The fourth-order valence-electron chi connectivity index (χ4n) is 7.81. The van der Waals surface area contributed by atoms with E-state index >= 15 is 0 Å². The Balaban J connectivity index is 2.46. The summed E-state index contributed by atoms with van der Waals surface area (Å²) in [5.74, 6) is 0.592. The molecule has 0 aromatic rings. The quantitative estimate of drug-likeness (QED) is 0.247. The monoisotopic (exact) mass is 542 g/mol. The van der Waals surface area contributed by atoms with Gasteiger partial charge in [0.1, 0.15) is 23.6 Å². The first-order chi connectivity index (χ1) is 16.6. The lowest BCUT2D eigenvalue weighted by molar-refractivity contribution is -0.113. The molecule has 2 aliphatic rings. The van der Waals surface area contributed by atoms with Crippen molar-refractivity contribution in [3.8, 4) is 0 Å². The Hall–Kier alpha value is -0.186. The molecule has 0 unspecified atom stereocenters. The Kier molecular flexibility index (Phi) is 11.0. The number of rotatable bonds is 12. The van der Waals surface area contributed by atoms with E-state index in [1.165, 1.54) is 0 Å². The smallest absolute Gasteiger partial charge is 0.201 e. The minimum Gasteiger partial charge on any atom is -0.487 e. The Morgan fingerprint density at radius 2 is 1.22 bits per heavy atom. The van der Waals surface area contributed by atoms with Gasteiger partial charge in [-0.2, -0.15) is 0 Å². The van der Waals surface area contributed by atoms with Crippen molar-refractivity contribution < 1.29 is 23.8 Å². The fourth-order valence-corrected chi connectivity index (χ4v) is 18.8. The van der Waals surface area contributed by atoms with Crippen molar-refractivity contribution in [2.24, 2.45) is 0 Å². The first kappa shape index (κ1) is 32.0. The van der Waals surface area contributed by atoms with E-state index in [9.17, 15) is 10.2 Å². The molecule has 0 aromatic carbocycles. The van der Waals surface area contributed by atoms with Crippen LogP contribution in [0.2, 0.25) is 33.2 Å². The van der Waals surface area contributed by atoms with Crippen molar-refractivity contribution in [1.82, 2.24) is 0 Å². The molecule has 1 heterocycles. The van der Waals surface area contributed by atoms with E-state index in [1.807, 2.05) is 6.08 Å². The molecule has 0 bridgehead atoms. The molecule has 36 heavy (non-hydrogen) atoms. The molecule has 0 aromatic heterocycles. The summed E-state index contributed by atoms with van der Waals surface area (Å²) in [6.07, 6.45) is 3.38. The molecular formula is C29H58O5Si2. The Morgan fingerprint density at radius 3 is 1.61 bits per heavy atom. The molecule has 1 saturated carbocycles. The molecule has 1 aliphatic carbocycles. The third-order valence-electron chi connectivity index (χ3n) is 9.45. The lowest BCUT2D eigenvalue weighted by atomic mass is 9.94. The maximum atomic E-state index is 11.7. The van der Waals surface area contributed by atoms with E-state index in [-0.39, 0.29) is 0 Å². The van der Waals surface area contributed by atoms with Gasteiger partial charge in [-0.25, -0.2) is 0 Å². The highest BCUT2D eigenvalue weighted by molar-refractivity contribution is 6.78. The molecule has 0 radical (unpaired) electrons. The standard InChI is InChI=1S/C29H58O5Si2/c1-19(2)35(20(3)4,21(5)6)32-18-26-28(30)25(17-27(33-26)29(31)15-13-14-16-29)34-36(22(7)8,23(9)10)24(11)12/h17,19-26,28,30-31H,13-16,18H2,1-12H3/t25-,26-,28-/m1/s1. The topological polar surface area (TPSA) is 68.2 Å². The first-order valence-electron chi connectivity index (χ1n) is 14.7. The van der Waals surface area contributed by atoms with Crippen molar-refractivity contribution in [2.75, 3.05) is 6.61 Å². The van der Waals surface area contributed by atoms with E-state index in [4.69, 9.17) is 13.6 Å². The molecule has 1 aliphatic heterocycles. The molecule has 212 valence electrons. The van der Waals surface area contributed by atoms with E-state index in [0.717, 1.165) is 12.8 Å². The number of aliphatic hydroxyl groups is 2. The van der Waals surface area contributed by atoms with Crippen molar-refractivity contribution in [3.63, 3.8) is 0 Å². The van der Waals surface area contributed by atoms with Crippen LogP contribution in [-0.4, -0.2) is 57.4 Å². The second kappa shape index (κ2) is 12.3. The molecule has 2 rings (SSSR count). The molecule has 0 amide bonds. The average molecular weight is 543 g/mol. The minimum absolute atomic E-state index is 0.328. The van der Waals surface area contributed by atoms with Gasteiger partial charge in [-0.05, 0) is 65.0 Å². The van der Waals surface area contributed by atoms with Crippen LogP contribution in [0, 0.1) is 0 Å². The number of ether oxygens (including phenoxy) is 1. The van der Waals surface area contributed by atoms with Gasteiger partial charge in [-0.3, -0.25) is 0 Å². The van der Waals surface area contributed by atoms with Crippen LogP contribution in [0.3, 0.4) is 0 Å². The van der Waals surface area contributed by atoms with Crippen molar-refractivity contribution in [1.29, 1.82) is 0 Å². The maximum Gasteiger partial charge on any atom is 0.201 e. The Morgan fingerprint density at radius 1 is 0.806 bits per heavy atom. The zero-order valence-electron chi connectivity index (χ0n) is 25.4. The first-order valence-corrected chi connectivity index (χ1v) is 18.9. The molecule has 2 N–H and O–H groups in total. The molecular weight excluding hydrogens is 484 g/mol. The van der Waals surface area contributed by atoms with Gasteiger partial charge in [-0.15, -0.1) is 0 Å². The predicted octanol–water partition coefficient (Wildman–Crippen LogP) is 7.69. The SMILES string of the molecule is CC(C)[Si](OC[C@H]1OC(C2(O)CCCC2)=C[C@@H](O[Si](C(C)C)(C(C)C)C(C)C)[C@H]1O)(C(C)C)C(C)C. The van der Waals surface area contributed by atoms with Gasteiger partial charge in [0, 0.05) is 0 Å². The summed E-state index contributed by atoms with van der Waals surface area (Å²) in [5.41, 5.74) is 1.57. The largest absolute Gasteiger partial charge is 0.487 e. The summed E-state index contributed by atoms with van der Waals surface area (Å²) >= 11 is 0. The van der Waals surface area contributed by atoms with Gasteiger partial charge in [0.25, 0.3) is 0 Å². The lowest BCUT2D eigenvalue weighted by Gasteiger charge is -2.48. The third kappa shape index (κ3) is 6.01. The van der Waals surface area contributed by atoms with E-state index in [0.29, 0.717) is 58.5 Å². The van der Waals surface area contributed by atoms with Crippen LogP contribution < -0.4 is 0 Å². The van der Waals surface area contributed by atoms with E-state index < -0.39 is 40.5 Å². The van der Waals surface area contributed by atoms with Crippen LogP contribution in [0.4, 0.5) is 0 Å². The fraction of sp³-hybridized carbons (Fsp3) is 0.931. The zero-order valence-corrected chi connectivity index (χ0v) is 27.4. The Bertz CT molecular complexity index is 682. The summed E-state index contributed by atoms with van der Waals surface area (Å²) in [6.45, 7) is 27.6. The van der Waals surface area contributed by atoms with Crippen LogP contribution >= 0.6 is 0 Å². The van der Waals surface area contributed by atoms with Gasteiger partial charge in [-0.1, -0.05) is 83.1 Å². The van der Waals surface area contributed by atoms with Crippen LogP contribution in [0.25, 0.3) is 0 Å². The van der Waals surface area contributed by atoms with Gasteiger partial charge in [0.2, 0.25) is 16.6 Å². The van der Waals surface area contributed by atoms with Crippen molar-refractivity contribution in [2.45, 2.75) is 166 Å². The summed E-state index contributed by atoms with van der Waals surface area (Å²) in [4.78, 5) is 0. The zero-order chi connectivity index (χ0) is 27.6. The maximum absolute atomic E-state index is 11.7. The molecule has 5 nitrogen and oxygen atoms in total. The van der Waals surface area contributed by atoms with Gasteiger partial charge < -0.3 is 23.8 Å². The summed E-state index contributed by atoms with van der Waals surface area (Å²) in [7, 11) is -4.41. The highest BCUT2D eigenvalue weighted by atomic mass is 28.4. The van der Waals surface area contributed by atoms with Gasteiger partial charge >= 0.3 is 0 Å². The molecule has 3 atom stereocenters. The number of hydrogen-bond acceptors (Lipinski definition) is 5. The highest BCUT2D eigenvalue weighted by Crippen LogP contribution is 2.47. The summed E-state index contributed by atoms with van der Waals surface area (Å²) < 4.78 is 20.4. The van der Waals surface area contributed by atoms with E-state index in [2.05, 4.69) is 83.1 Å². The minimum atomic E-state index is -2.27. The Labute approximate surface area is 224 Å². The summed E-state index contributed by atoms with van der Waals surface area (Å²) in [5, 5.41) is 23.2. The average Bonchev–Trinajstić information content (AvgIpc) is 3.20. The van der Waals surface area contributed by atoms with E-state index in [1.54, 1.807) is 0 Å². The van der Waals surface area contributed by atoms with Crippen LogP contribution in [0.1, 0.15) is 109 Å². The van der Waals surface area contributed by atoms with Crippen molar-refractivity contribution in [3.05, 3.63) is 11.8 Å². The van der Waals surface area contributed by atoms with Crippen molar-refractivity contribution >= 4 is 16.6 Å².